The normalized spacial score (nSPS) is 11.0. The van der Waals surface area contributed by atoms with Crippen LogP contribution in [-0.4, -0.2) is 15.6 Å². The van der Waals surface area contributed by atoms with E-state index in [0.717, 1.165) is 11.3 Å². The van der Waals surface area contributed by atoms with Crippen molar-refractivity contribution in [2.45, 2.75) is 0 Å². The van der Waals surface area contributed by atoms with Crippen LogP contribution in [-0.2, 0) is 0 Å². The minimum atomic E-state index is -0.0398. The van der Waals surface area contributed by atoms with Gasteiger partial charge in [0.1, 0.15) is 0 Å². The molecule has 0 amide bonds. The standard InChI is InChI=1S/C18H13ClN2O/c19-16-7-2-14(3-8-16)4-11-18(22)15-5-9-17(10-6-15)21-13-1-12-20-21/h1-13H/b11-4+. The van der Waals surface area contributed by atoms with Gasteiger partial charge in [0.2, 0.25) is 0 Å². The molecule has 0 atom stereocenters. The fourth-order valence-electron chi connectivity index (χ4n) is 2.04. The summed E-state index contributed by atoms with van der Waals surface area (Å²) in [5, 5.41) is 4.83. The highest BCUT2D eigenvalue weighted by molar-refractivity contribution is 6.30. The van der Waals surface area contributed by atoms with Crippen molar-refractivity contribution < 1.29 is 4.79 Å². The first-order chi connectivity index (χ1) is 10.7. The third kappa shape index (κ3) is 3.32. The maximum absolute atomic E-state index is 12.1. The van der Waals surface area contributed by atoms with Crippen molar-refractivity contribution in [3.8, 4) is 5.69 Å². The Morgan fingerprint density at radius 1 is 1.05 bits per heavy atom. The van der Waals surface area contributed by atoms with Gasteiger partial charge in [-0.1, -0.05) is 29.8 Å². The van der Waals surface area contributed by atoms with Crippen LogP contribution in [0, 0.1) is 0 Å². The van der Waals surface area contributed by atoms with Gasteiger partial charge in [-0.05, 0) is 54.1 Å². The number of allylic oxidation sites excluding steroid dienone is 1. The SMILES string of the molecule is O=C(/C=C/c1ccc(Cl)cc1)c1ccc(-n2cccn2)cc1. The van der Waals surface area contributed by atoms with Gasteiger partial charge in [0, 0.05) is 23.0 Å². The van der Waals surface area contributed by atoms with Crippen molar-refractivity contribution in [2.75, 3.05) is 0 Å². The number of carbonyl (C=O) groups excluding carboxylic acids is 1. The van der Waals surface area contributed by atoms with Crippen LogP contribution in [0.15, 0.2) is 73.1 Å². The molecule has 108 valence electrons. The molecule has 0 bridgehead atoms. The van der Waals surface area contributed by atoms with Gasteiger partial charge in [0.05, 0.1) is 5.69 Å². The topological polar surface area (TPSA) is 34.9 Å². The van der Waals surface area contributed by atoms with Gasteiger partial charge in [0.25, 0.3) is 0 Å². The van der Waals surface area contributed by atoms with Crippen LogP contribution in [0.1, 0.15) is 15.9 Å². The molecule has 3 aromatic rings. The highest BCUT2D eigenvalue weighted by atomic mass is 35.5. The van der Waals surface area contributed by atoms with Crippen LogP contribution in [0.25, 0.3) is 11.8 Å². The molecule has 3 rings (SSSR count). The van der Waals surface area contributed by atoms with E-state index in [1.807, 2.05) is 36.5 Å². The van der Waals surface area contributed by atoms with Gasteiger partial charge in [-0.25, -0.2) is 4.68 Å². The Hall–Kier alpha value is -2.65. The summed E-state index contributed by atoms with van der Waals surface area (Å²) in [5.74, 6) is -0.0398. The monoisotopic (exact) mass is 308 g/mol. The molecule has 4 heteroatoms. The third-order valence-electron chi connectivity index (χ3n) is 3.22. The number of carbonyl (C=O) groups is 1. The Morgan fingerprint density at radius 3 is 2.41 bits per heavy atom. The largest absolute Gasteiger partial charge is 0.289 e. The number of ketones is 1. The van der Waals surface area contributed by atoms with Crippen LogP contribution in [0.3, 0.4) is 0 Å². The van der Waals surface area contributed by atoms with Crippen LogP contribution >= 0.6 is 11.6 Å². The Balaban J connectivity index is 1.73. The first-order valence-electron chi connectivity index (χ1n) is 6.80. The molecule has 0 N–H and O–H groups in total. The zero-order chi connectivity index (χ0) is 15.4. The van der Waals surface area contributed by atoms with E-state index >= 15 is 0 Å². The predicted octanol–water partition coefficient (Wildman–Crippen LogP) is 4.42. The molecular formula is C18H13ClN2O. The van der Waals surface area contributed by atoms with Crippen molar-refractivity contribution >= 4 is 23.5 Å². The van der Waals surface area contributed by atoms with E-state index in [9.17, 15) is 4.79 Å². The number of hydrogen-bond acceptors (Lipinski definition) is 2. The van der Waals surface area contributed by atoms with Crippen molar-refractivity contribution in [3.05, 3.63) is 89.2 Å². The molecule has 0 fully saturated rings. The summed E-state index contributed by atoms with van der Waals surface area (Å²) in [6.07, 6.45) is 6.91. The van der Waals surface area contributed by atoms with E-state index in [4.69, 9.17) is 11.6 Å². The summed E-state index contributed by atoms with van der Waals surface area (Å²) < 4.78 is 1.75. The van der Waals surface area contributed by atoms with Crippen LogP contribution in [0.4, 0.5) is 0 Å². The van der Waals surface area contributed by atoms with Crippen molar-refractivity contribution in [1.29, 1.82) is 0 Å². The second-order valence-electron chi connectivity index (χ2n) is 4.75. The molecule has 0 aliphatic heterocycles. The van der Waals surface area contributed by atoms with E-state index in [-0.39, 0.29) is 5.78 Å². The lowest BCUT2D eigenvalue weighted by atomic mass is 10.1. The van der Waals surface area contributed by atoms with E-state index in [1.165, 1.54) is 0 Å². The second-order valence-corrected chi connectivity index (χ2v) is 5.18. The minimum absolute atomic E-state index is 0.0398. The zero-order valence-corrected chi connectivity index (χ0v) is 12.4. The van der Waals surface area contributed by atoms with Gasteiger partial charge in [0.15, 0.2) is 5.78 Å². The Labute approximate surface area is 133 Å². The minimum Gasteiger partial charge on any atom is -0.289 e. The number of aromatic nitrogens is 2. The summed E-state index contributed by atoms with van der Waals surface area (Å²) in [5.41, 5.74) is 2.50. The van der Waals surface area contributed by atoms with E-state index in [0.29, 0.717) is 10.6 Å². The molecule has 2 aromatic carbocycles. The van der Waals surface area contributed by atoms with Crippen LogP contribution in [0.2, 0.25) is 5.02 Å². The number of benzene rings is 2. The number of halogens is 1. The Bertz CT molecular complexity index is 788. The Kier molecular flexibility index (Phi) is 4.17. The lowest BCUT2D eigenvalue weighted by Gasteiger charge is -2.02. The fraction of sp³-hybridized carbons (Fsp3) is 0. The zero-order valence-electron chi connectivity index (χ0n) is 11.7. The first kappa shape index (κ1) is 14.3. The summed E-state index contributed by atoms with van der Waals surface area (Å²) in [6.45, 7) is 0. The molecular weight excluding hydrogens is 296 g/mol. The lowest BCUT2D eigenvalue weighted by Crippen LogP contribution is -1.97. The van der Waals surface area contributed by atoms with E-state index in [2.05, 4.69) is 5.10 Å². The molecule has 0 saturated carbocycles. The number of nitrogens with zero attached hydrogens (tertiary/aromatic N) is 2. The molecule has 0 aliphatic carbocycles. The van der Waals surface area contributed by atoms with Crippen molar-refractivity contribution in [1.82, 2.24) is 9.78 Å². The molecule has 3 nitrogen and oxygen atoms in total. The van der Waals surface area contributed by atoms with Crippen molar-refractivity contribution in [2.24, 2.45) is 0 Å². The van der Waals surface area contributed by atoms with Gasteiger partial charge in [-0.2, -0.15) is 5.10 Å². The molecule has 0 spiro atoms. The number of rotatable bonds is 4. The van der Waals surface area contributed by atoms with Crippen LogP contribution in [0.5, 0.6) is 0 Å². The number of hydrogen-bond donors (Lipinski definition) is 0. The maximum atomic E-state index is 12.1. The van der Waals surface area contributed by atoms with E-state index in [1.54, 1.807) is 47.3 Å². The summed E-state index contributed by atoms with van der Waals surface area (Å²) >= 11 is 5.83. The van der Waals surface area contributed by atoms with Gasteiger partial charge in [-0.15, -0.1) is 0 Å². The maximum Gasteiger partial charge on any atom is 0.185 e. The third-order valence-corrected chi connectivity index (χ3v) is 3.47. The van der Waals surface area contributed by atoms with Gasteiger partial charge >= 0.3 is 0 Å². The molecule has 1 aromatic heterocycles. The smallest absolute Gasteiger partial charge is 0.185 e. The van der Waals surface area contributed by atoms with Crippen molar-refractivity contribution in [3.63, 3.8) is 0 Å². The summed E-state index contributed by atoms with van der Waals surface area (Å²) in [6, 6.07) is 16.5. The quantitative estimate of drug-likeness (QED) is 0.528. The lowest BCUT2D eigenvalue weighted by molar-refractivity contribution is 0.104. The van der Waals surface area contributed by atoms with Gasteiger partial charge in [-0.3, -0.25) is 4.79 Å². The average Bonchev–Trinajstić information content (AvgIpc) is 3.09. The van der Waals surface area contributed by atoms with E-state index < -0.39 is 0 Å². The molecule has 0 aliphatic rings. The Morgan fingerprint density at radius 2 is 1.77 bits per heavy atom. The van der Waals surface area contributed by atoms with Gasteiger partial charge < -0.3 is 0 Å². The average molecular weight is 309 g/mol. The molecule has 0 saturated heterocycles. The summed E-state index contributed by atoms with van der Waals surface area (Å²) in [7, 11) is 0. The molecule has 1 heterocycles. The first-order valence-corrected chi connectivity index (χ1v) is 7.18. The highest BCUT2D eigenvalue weighted by Gasteiger charge is 2.02. The van der Waals surface area contributed by atoms with Crippen LogP contribution < -0.4 is 0 Å². The molecule has 0 radical (unpaired) electrons. The second kappa shape index (κ2) is 6.41. The molecule has 22 heavy (non-hydrogen) atoms. The molecule has 0 unspecified atom stereocenters. The fourth-order valence-corrected chi connectivity index (χ4v) is 2.17. The predicted molar refractivity (Wildman–Crippen MR) is 88.4 cm³/mol. The summed E-state index contributed by atoms with van der Waals surface area (Å²) in [4.78, 5) is 12.1. The highest BCUT2D eigenvalue weighted by Crippen LogP contribution is 2.13.